The predicted octanol–water partition coefficient (Wildman–Crippen LogP) is 3.30. The second-order valence-electron chi connectivity index (χ2n) is 5.70. The minimum absolute atomic E-state index is 0.0716. The molecule has 0 aliphatic carbocycles. The number of alkyl halides is 3. The highest BCUT2D eigenvalue weighted by molar-refractivity contribution is 5.84. The van der Waals surface area contributed by atoms with Gasteiger partial charge in [-0.05, 0) is 20.8 Å². The molecule has 1 N–H and O–H groups in total. The molecule has 2 aromatic rings. The molecule has 0 radical (unpaired) electrons. The third-order valence-corrected chi connectivity index (χ3v) is 2.52. The van der Waals surface area contributed by atoms with Gasteiger partial charge in [-0.2, -0.15) is 13.2 Å². The first-order chi connectivity index (χ1) is 11.1. The Kier molecular flexibility index (Phi) is 4.67. The molecule has 0 bridgehead atoms. The van der Waals surface area contributed by atoms with E-state index in [2.05, 4.69) is 19.9 Å². The van der Waals surface area contributed by atoms with E-state index in [9.17, 15) is 18.0 Å². The SMILES string of the molecule is CC(C)(C)OC(=O)Nc1ncc(-c2cncnc2)nc1C(F)(F)F. The minimum atomic E-state index is -4.82. The Balaban J connectivity index is 2.37. The predicted molar refractivity (Wildman–Crippen MR) is 77.9 cm³/mol. The van der Waals surface area contributed by atoms with Crippen LogP contribution in [0.25, 0.3) is 11.3 Å². The molecule has 0 aromatic carbocycles. The van der Waals surface area contributed by atoms with E-state index in [1.54, 1.807) is 20.8 Å². The van der Waals surface area contributed by atoms with E-state index in [-0.39, 0.29) is 11.3 Å². The van der Waals surface area contributed by atoms with Gasteiger partial charge in [0, 0.05) is 18.0 Å². The summed E-state index contributed by atoms with van der Waals surface area (Å²) < 4.78 is 44.5. The highest BCUT2D eigenvalue weighted by Gasteiger charge is 2.38. The van der Waals surface area contributed by atoms with Crippen LogP contribution in [0.3, 0.4) is 0 Å². The number of nitrogens with one attached hydrogen (secondary N) is 1. The first kappa shape index (κ1) is 17.6. The lowest BCUT2D eigenvalue weighted by atomic mass is 10.2. The molecule has 0 fully saturated rings. The Morgan fingerprint density at radius 1 is 1.12 bits per heavy atom. The second kappa shape index (κ2) is 6.38. The molecule has 1 amide bonds. The highest BCUT2D eigenvalue weighted by atomic mass is 19.4. The van der Waals surface area contributed by atoms with E-state index < -0.39 is 29.4 Å². The molecule has 0 saturated heterocycles. The molecule has 0 unspecified atom stereocenters. The van der Waals surface area contributed by atoms with Crippen LogP contribution in [-0.2, 0) is 10.9 Å². The lowest BCUT2D eigenvalue weighted by molar-refractivity contribution is -0.140. The number of hydrogen-bond acceptors (Lipinski definition) is 6. The Morgan fingerprint density at radius 2 is 1.75 bits per heavy atom. The van der Waals surface area contributed by atoms with Gasteiger partial charge < -0.3 is 4.74 Å². The molecule has 0 atom stereocenters. The first-order valence-electron chi connectivity index (χ1n) is 6.76. The van der Waals surface area contributed by atoms with Crippen molar-refractivity contribution in [1.29, 1.82) is 0 Å². The maximum Gasteiger partial charge on any atom is 0.437 e. The number of halogens is 3. The van der Waals surface area contributed by atoms with Crippen molar-refractivity contribution in [2.45, 2.75) is 32.5 Å². The number of anilines is 1. The van der Waals surface area contributed by atoms with E-state index in [1.165, 1.54) is 18.7 Å². The maximum absolute atomic E-state index is 13.2. The zero-order valence-corrected chi connectivity index (χ0v) is 13.0. The van der Waals surface area contributed by atoms with Crippen molar-refractivity contribution in [3.63, 3.8) is 0 Å². The molecule has 128 valence electrons. The maximum atomic E-state index is 13.2. The monoisotopic (exact) mass is 341 g/mol. The van der Waals surface area contributed by atoms with Crippen molar-refractivity contribution < 1.29 is 22.7 Å². The molecule has 0 aliphatic rings. The summed E-state index contributed by atoms with van der Waals surface area (Å²) in [5.74, 6) is -0.739. The Hall–Kier alpha value is -2.78. The molecule has 2 heterocycles. The van der Waals surface area contributed by atoms with Crippen LogP contribution in [0.2, 0.25) is 0 Å². The third kappa shape index (κ3) is 4.61. The van der Waals surface area contributed by atoms with E-state index in [4.69, 9.17) is 4.74 Å². The van der Waals surface area contributed by atoms with Gasteiger partial charge in [-0.1, -0.05) is 0 Å². The van der Waals surface area contributed by atoms with Crippen molar-refractivity contribution in [1.82, 2.24) is 19.9 Å². The van der Waals surface area contributed by atoms with Crippen molar-refractivity contribution in [2.75, 3.05) is 5.32 Å². The molecular weight excluding hydrogens is 327 g/mol. The second-order valence-corrected chi connectivity index (χ2v) is 5.70. The van der Waals surface area contributed by atoms with Gasteiger partial charge in [0.05, 0.1) is 11.9 Å². The van der Waals surface area contributed by atoms with Gasteiger partial charge in [0.1, 0.15) is 11.9 Å². The molecule has 0 spiro atoms. The first-order valence-corrected chi connectivity index (χ1v) is 6.76. The zero-order valence-electron chi connectivity index (χ0n) is 13.0. The van der Waals surface area contributed by atoms with E-state index in [0.717, 1.165) is 6.20 Å². The van der Waals surface area contributed by atoms with Crippen LogP contribution in [0.15, 0.2) is 24.9 Å². The lowest BCUT2D eigenvalue weighted by Crippen LogP contribution is -2.28. The van der Waals surface area contributed by atoms with Crippen molar-refractivity contribution in [2.24, 2.45) is 0 Å². The van der Waals surface area contributed by atoms with Crippen LogP contribution in [0.1, 0.15) is 26.5 Å². The molecule has 2 aromatic heterocycles. The van der Waals surface area contributed by atoms with E-state index in [1.807, 2.05) is 5.32 Å². The van der Waals surface area contributed by atoms with Gasteiger partial charge in [-0.3, -0.25) is 5.32 Å². The Morgan fingerprint density at radius 3 is 2.29 bits per heavy atom. The van der Waals surface area contributed by atoms with Crippen molar-refractivity contribution in [3.8, 4) is 11.3 Å². The summed E-state index contributed by atoms with van der Waals surface area (Å²) >= 11 is 0. The fourth-order valence-electron chi connectivity index (χ4n) is 1.65. The number of carbonyl (C=O) groups excluding carboxylic acids is 1. The van der Waals surface area contributed by atoms with Gasteiger partial charge in [0.15, 0.2) is 11.5 Å². The molecule has 0 saturated carbocycles. The van der Waals surface area contributed by atoms with Gasteiger partial charge in [-0.25, -0.2) is 24.7 Å². The van der Waals surface area contributed by atoms with E-state index in [0.29, 0.717) is 0 Å². The highest BCUT2D eigenvalue weighted by Crippen LogP contribution is 2.33. The standard InChI is InChI=1S/C14H14F3N5O2/c1-13(2,3)24-12(23)22-11-10(14(15,16)17)21-9(6-20-11)8-4-18-7-19-5-8/h4-7H,1-3H3,(H,20,22,23). The minimum Gasteiger partial charge on any atom is -0.444 e. The molecular formula is C14H14F3N5O2. The van der Waals surface area contributed by atoms with Crippen LogP contribution in [-0.4, -0.2) is 31.6 Å². The van der Waals surface area contributed by atoms with Crippen LogP contribution < -0.4 is 5.32 Å². The summed E-state index contributed by atoms with van der Waals surface area (Å²) in [5, 5.41) is 1.97. The zero-order chi connectivity index (χ0) is 18.0. The van der Waals surface area contributed by atoms with Crippen molar-refractivity contribution in [3.05, 3.63) is 30.6 Å². The number of rotatable bonds is 2. The van der Waals surface area contributed by atoms with E-state index >= 15 is 0 Å². The summed E-state index contributed by atoms with van der Waals surface area (Å²) in [6.07, 6.45) is -0.946. The molecule has 0 aliphatic heterocycles. The number of amides is 1. The van der Waals surface area contributed by atoms with Crippen LogP contribution in [0.5, 0.6) is 0 Å². The van der Waals surface area contributed by atoms with Crippen LogP contribution >= 0.6 is 0 Å². The normalized spacial score (nSPS) is 11.9. The van der Waals surface area contributed by atoms with Gasteiger partial charge >= 0.3 is 12.3 Å². The molecule has 7 nitrogen and oxygen atoms in total. The molecule has 10 heteroatoms. The average Bonchev–Trinajstić information content (AvgIpc) is 2.45. The lowest BCUT2D eigenvalue weighted by Gasteiger charge is -2.20. The number of nitrogens with zero attached hydrogens (tertiary/aromatic N) is 4. The summed E-state index contributed by atoms with van der Waals surface area (Å²) in [7, 11) is 0. The summed E-state index contributed by atoms with van der Waals surface area (Å²) in [6, 6.07) is 0. The summed E-state index contributed by atoms with van der Waals surface area (Å²) in [4.78, 5) is 26.3. The average molecular weight is 341 g/mol. The fraction of sp³-hybridized carbons (Fsp3) is 0.357. The molecule has 24 heavy (non-hydrogen) atoms. The quantitative estimate of drug-likeness (QED) is 0.901. The number of carbonyl (C=O) groups is 1. The number of hydrogen-bond donors (Lipinski definition) is 1. The van der Waals surface area contributed by atoms with Crippen LogP contribution in [0, 0.1) is 0 Å². The smallest absolute Gasteiger partial charge is 0.437 e. The van der Waals surface area contributed by atoms with Gasteiger partial charge in [-0.15, -0.1) is 0 Å². The van der Waals surface area contributed by atoms with Crippen LogP contribution in [0.4, 0.5) is 23.8 Å². The topological polar surface area (TPSA) is 89.9 Å². The summed E-state index contributed by atoms with van der Waals surface area (Å²) in [5.41, 5.74) is -2.01. The fourth-order valence-corrected chi connectivity index (χ4v) is 1.65. The third-order valence-electron chi connectivity index (χ3n) is 2.52. The van der Waals surface area contributed by atoms with Gasteiger partial charge in [0.25, 0.3) is 0 Å². The molecule has 2 rings (SSSR count). The van der Waals surface area contributed by atoms with Gasteiger partial charge in [0.2, 0.25) is 0 Å². The largest absolute Gasteiger partial charge is 0.444 e. The summed E-state index contributed by atoms with van der Waals surface area (Å²) in [6.45, 7) is 4.75. The van der Waals surface area contributed by atoms with Crippen molar-refractivity contribution >= 4 is 11.9 Å². The number of ether oxygens (including phenoxy) is 1. The Labute approximate surface area is 135 Å². The Bertz CT molecular complexity index is 729. The number of aromatic nitrogens is 4.